The second kappa shape index (κ2) is 6.98. The molecule has 0 bridgehead atoms. The van der Waals surface area contributed by atoms with E-state index in [4.69, 9.17) is 21.1 Å². The Morgan fingerprint density at radius 1 is 1.33 bits per heavy atom. The number of benzene rings is 1. The number of hydrogen-bond donors (Lipinski definition) is 0. The van der Waals surface area contributed by atoms with Crippen LogP contribution in [0.5, 0.6) is 5.75 Å². The highest BCUT2D eigenvalue weighted by Crippen LogP contribution is 2.16. The lowest BCUT2D eigenvalue weighted by atomic mass is 10.1. The summed E-state index contributed by atoms with van der Waals surface area (Å²) in [5.41, 5.74) is 0. The standard InChI is InChI=1S/C14H20ClNO2/c1-17-14-3-2-8-16(11-14)9-10-18-13-6-4-12(15)5-7-13/h4-7,14H,2-3,8-11H2,1H3. The maximum atomic E-state index is 5.82. The van der Waals surface area contributed by atoms with E-state index in [1.54, 1.807) is 7.11 Å². The highest BCUT2D eigenvalue weighted by Gasteiger charge is 2.18. The molecule has 1 fully saturated rings. The van der Waals surface area contributed by atoms with E-state index >= 15 is 0 Å². The lowest BCUT2D eigenvalue weighted by Gasteiger charge is -2.31. The first kappa shape index (κ1) is 13.7. The van der Waals surface area contributed by atoms with Gasteiger partial charge >= 0.3 is 0 Å². The smallest absolute Gasteiger partial charge is 0.119 e. The van der Waals surface area contributed by atoms with E-state index in [9.17, 15) is 0 Å². The second-order valence-electron chi connectivity index (χ2n) is 4.60. The zero-order chi connectivity index (χ0) is 12.8. The largest absolute Gasteiger partial charge is 0.492 e. The lowest BCUT2D eigenvalue weighted by molar-refractivity contribution is 0.0272. The van der Waals surface area contributed by atoms with Crippen molar-refractivity contribution in [3.05, 3.63) is 29.3 Å². The molecule has 0 aliphatic carbocycles. The zero-order valence-electron chi connectivity index (χ0n) is 10.8. The van der Waals surface area contributed by atoms with Gasteiger partial charge in [0.05, 0.1) is 6.10 Å². The highest BCUT2D eigenvalue weighted by molar-refractivity contribution is 6.30. The van der Waals surface area contributed by atoms with Crippen LogP contribution in [0.3, 0.4) is 0 Å². The van der Waals surface area contributed by atoms with Gasteiger partial charge < -0.3 is 9.47 Å². The minimum atomic E-state index is 0.384. The average molecular weight is 270 g/mol. The van der Waals surface area contributed by atoms with E-state index in [0.29, 0.717) is 12.7 Å². The third-order valence-electron chi connectivity index (χ3n) is 3.29. The first-order valence-corrected chi connectivity index (χ1v) is 6.79. The van der Waals surface area contributed by atoms with Crippen molar-refractivity contribution in [3.8, 4) is 5.75 Å². The molecule has 0 saturated carbocycles. The van der Waals surface area contributed by atoms with Crippen LogP contribution in [-0.2, 0) is 4.74 Å². The van der Waals surface area contributed by atoms with Crippen molar-refractivity contribution >= 4 is 11.6 Å². The van der Waals surface area contributed by atoms with Gasteiger partial charge in [0.1, 0.15) is 12.4 Å². The predicted octanol–water partition coefficient (Wildman–Crippen LogP) is 2.83. The van der Waals surface area contributed by atoms with E-state index in [1.165, 1.54) is 12.8 Å². The summed E-state index contributed by atoms with van der Waals surface area (Å²) in [6.45, 7) is 3.81. The minimum absolute atomic E-state index is 0.384. The van der Waals surface area contributed by atoms with Crippen molar-refractivity contribution in [2.75, 3.05) is 33.4 Å². The Morgan fingerprint density at radius 2 is 2.11 bits per heavy atom. The Labute approximate surface area is 114 Å². The molecule has 1 aromatic carbocycles. The van der Waals surface area contributed by atoms with E-state index in [-0.39, 0.29) is 0 Å². The quantitative estimate of drug-likeness (QED) is 0.821. The Hall–Kier alpha value is -0.770. The molecule has 1 aromatic rings. The van der Waals surface area contributed by atoms with E-state index in [2.05, 4.69) is 4.90 Å². The molecule has 1 saturated heterocycles. The number of halogens is 1. The van der Waals surface area contributed by atoms with Crippen LogP contribution in [0.25, 0.3) is 0 Å². The summed E-state index contributed by atoms with van der Waals surface area (Å²) in [7, 11) is 1.79. The van der Waals surface area contributed by atoms with Crippen molar-refractivity contribution < 1.29 is 9.47 Å². The average Bonchev–Trinajstić information content (AvgIpc) is 2.41. The molecular weight excluding hydrogens is 250 g/mol. The third-order valence-corrected chi connectivity index (χ3v) is 3.54. The van der Waals surface area contributed by atoms with Crippen LogP contribution < -0.4 is 4.74 Å². The molecular formula is C14H20ClNO2. The molecule has 4 heteroatoms. The molecule has 3 nitrogen and oxygen atoms in total. The fourth-order valence-electron chi connectivity index (χ4n) is 2.23. The SMILES string of the molecule is COC1CCCN(CCOc2ccc(Cl)cc2)C1. The number of nitrogens with zero attached hydrogens (tertiary/aromatic N) is 1. The van der Waals surface area contributed by atoms with E-state index < -0.39 is 0 Å². The van der Waals surface area contributed by atoms with Crippen LogP contribution in [-0.4, -0.2) is 44.4 Å². The maximum absolute atomic E-state index is 5.82. The van der Waals surface area contributed by atoms with Crippen LogP contribution in [0.1, 0.15) is 12.8 Å². The Morgan fingerprint density at radius 3 is 2.83 bits per heavy atom. The van der Waals surface area contributed by atoms with E-state index in [0.717, 1.165) is 30.4 Å². The Balaban J connectivity index is 1.70. The highest BCUT2D eigenvalue weighted by atomic mass is 35.5. The number of piperidine rings is 1. The molecule has 2 rings (SSSR count). The van der Waals surface area contributed by atoms with Crippen LogP contribution in [0.15, 0.2) is 24.3 Å². The number of likely N-dealkylation sites (tertiary alicyclic amines) is 1. The van der Waals surface area contributed by atoms with Gasteiger partial charge in [0, 0.05) is 25.2 Å². The number of hydrogen-bond acceptors (Lipinski definition) is 3. The predicted molar refractivity (Wildman–Crippen MR) is 73.4 cm³/mol. The van der Waals surface area contributed by atoms with Gasteiger partial charge in [-0.25, -0.2) is 0 Å². The first-order valence-electron chi connectivity index (χ1n) is 6.41. The summed E-state index contributed by atoms with van der Waals surface area (Å²) < 4.78 is 11.1. The number of methoxy groups -OCH3 is 1. The zero-order valence-corrected chi connectivity index (χ0v) is 11.5. The van der Waals surface area contributed by atoms with Crippen LogP contribution in [0, 0.1) is 0 Å². The van der Waals surface area contributed by atoms with Gasteiger partial charge in [-0.2, -0.15) is 0 Å². The Kier molecular flexibility index (Phi) is 5.29. The Bertz CT molecular complexity index is 355. The maximum Gasteiger partial charge on any atom is 0.119 e. The van der Waals surface area contributed by atoms with Crippen LogP contribution in [0.4, 0.5) is 0 Å². The minimum Gasteiger partial charge on any atom is -0.492 e. The fourth-order valence-corrected chi connectivity index (χ4v) is 2.36. The molecule has 0 radical (unpaired) electrons. The monoisotopic (exact) mass is 269 g/mol. The summed E-state index contributed by atoms with van der Waals surface area (Å²) in [6, 6.07) is 7.49. The summed E-state index contributed by atoms with van der Waals surface area (Å²) in [5.74, 6) is 0.875. The van der Waals surface area contributed by atoms with Crippen LogP contribution >= 0.6 is 11.6 Å². The topological polar surface area (TPSA) is 21.7 Å². The third kappa shape index (κ3) is 4.16. The first-order chi connectivity index (χ1) is 8.78. The van der Waals surface area contributed by atoms with Crippen molar-refractivity contribution in [2.24, 2.45) is 0 Å². The molecule has 0 amide bonds. The second-order valence-corrected chi connectivity index (χ2v) is 5.04. The molecule has 100 valence electrons. The van der Waals surface area contributed by atoms with Crippen molar-refractivity contribution in [3.63, 3.8) is 0 Å². The van der Waals surface area contributed by atoms with E-state index in [1.807, 2.05) is 24.3 Å². The number of ether oxygens (including phenoxy) is 2. The van der Waals surface area contributed by atoms with Crippen LogP contribution in [0.2, 0.25) is 5.02 Å². The summed E-state index contributed by atoms with van der Waals surface area (Å²) >= 11 is 5.82. The molecule has 1 aliphatic rings. The van der Waals surface area contributed by atoms with Crippen molar-refractivity contribution in [2.45, 2.75) is 18.9 Å². The van der Waals surface area contributed by atoms with Crippen molar-refractivity contribution in [1.82, 2.24) is 4.90 Å². The van der Waals surface area contributed by atoms with Gasteiger partial charge in [0.2, 0.25) is 0 Å². The van der Waals surface area contributed by atoms with Gasteiger partial charge in [0.25, 0.3) is 0 Å². The van der Waals surface area contributed by atoms with Gasteiger partial charge in [-0.05, 0) is 43.7 Å². The normalized spacial score (nSPS) is 20.9. The van der Waals surface area contributed by atoms with Gasteiger partial charge in [-0.3, -0.25) is 4.90 Å². The molecule has 18 heavy (non-hydrogen) atoms. The van der Waals surface area contributed by atoms with Crippen molar-refractivity contribution in [1.29, 1.82) is 0 Å². The summed E-state index contributed by atoms with van der Waals surface area (Å²) in [4.78, 5) is 2.40. The molecule has 0 spiro atoms. The van der Waals surface area contributed by atoms with Gasteiger partial charge in [0.15, 0.2) is 0 Å². The fraction of sp³-hybridized carbons (Fsp3) is 0.571. The van der Waals surface area contributed by atoms with Gasteiger partial charge in [-0.1, -0.05) is 11.6 Å². The molecule has 1 heterocycles. The molecule has 1 atom stereocenters. The molecule has 0 aromatic heterocycles. The number of rotatable bonds is 5. The summed E-state index contributed by atoms with van der Waals surface area (Å²) in [5, 5.41) is 0.737. The van der Waals surface area contributed by atoms with Gasteiger partial charge in [-0.15, -0.1) is 0 Å². The summed E-state index contributed by atoms with van der Waals surface area (Å²) in [6.07, 6.45) is 2.76. The lowest BCUT2D eigenvalue weighted by Crippen LogP contribution is -2.41. The molecule has 1 unspecified atom stereocenters. The molecule has 1 aliphatic heterocycles. The molecule has 0 N–H and O–H groups in total.